The molecule has 0 radical (unpaired) electrons. The van der Waals surface area contributed by atoms with Crippen molar-refractivity contribution in [3.63, 3.8) is 0 Å². The number of nitrogens with zero attached hydrogens (tertiary/aromatic N) is 1. The number of rotatable bonds is 7. The van der Waals surface area contributed by atoms with Crippen LogP contribution in [0.25, 0.3) is 0 Å². The second-order valence-corrected chi connectivity index (χ2v) is 11.7. The van der Waals surface area contributed by atoms with E-state index < -0.39 is 6.16 Å². The van der Waals surface area contributed by atoms with Crippen molar-refractivity contribution in [2.75, 3.05) is 19.9 Å². The molecule has 0 spiro atoms. The summed E-state index contributed by atoms with van der Waals surface area (Å²) in [7, 11) is 0. The van der Waals surface area contributed by atoms with Gasteiger partial charge in [-0.15, -0.1) is 0 Å². The highest BCUT2D eigenvalue weighted by molar-refractivity contribution is 5.69. The predicted octanol–water partition coefficient (Wildman–Crippen LogP) is 6.76. The van der Waals surface area contributed by atoms with E-state index in [2.05, 4.69) is 12.1 Å². The molecule has 2 aromatic carbocycles. The Labute approximate surface area is 230 Å². The van der Waals surface area contributed by atoms with Gasteiger partial charge in [-0.05, 0) is 79.2 Å². The van der Waals surface area contributed by atoms with E-state index >= 15 is 0 Å². The van der Waals surface area contributed by atoms with Gasteiger partial charge in [-0.2, -0.15) is 0 Å². The number of ether oxygens (including phenoxy) is 4. The van der Waals surface area contributed by atoms with Crippen LogP contribution in [0.5, 0.6) is 5.75 Å². The van der Waals surface area contributed by atoms with Gasteiger partial charge in [0.15, 0.2) is 0 Å². The third kappa shape index (κ3) is 5.45. The summed E-state index contributed by atoms with van der Waals surface area (Å²) in [4.78, 5) is 27.2. The molecule has 3 aliphatic carbocycles. The summed E-state index contributed by atoms with van der Waals surface area (Å²) in [6.07, 6.45) is 10.2. The van der Waals surface area contributed by atoms with Gasteiger partial charge in [0.25, 0.3) is 0 Å². The average Bonchev–Trinajstić information content (AvgIpc) is 3.50. The Morgan fingerprint density at radius 2 is 1.72 bits per heavy atom. The van der Waals surface area contributed by atoms with Crippen LogP contribution in [-0.2, 0) is 32.7 Å². The smallest absolute Gasteiger partial charge is 0.457 e. The van der Waals surface area contributed by atoms with E-state index in [1.54, 1.807) is 0 Å². The number of carbonyl (C=O) groups excluding carboxylic acids is 2. The number of likely N-dealkylation sites (tertiary alicyclic amines) is 1. The van der Waals surface area contributed by atoms with Gasteiger partial charge in [0, 0.05) is 18.0 Å². The zero-order valence-corrected chi connectivity index (χ0v) is 22.6. The second-order valence-electron chi connectivity index (χ2n) is 11.7. The van der Waals surface area contributed by atoms with Crippen molar-refractivity contribution in [1.29, 1.82) is 0 Å². The first-order valence-electron chi connectivity index (χ1n) is 14.7. The zero-order valence-electron chi connectivity index (χ0n) is 22.6. The van der Waals surface area contributed by atoms with Crippen LogP contribution < -0.4 is 4.74 Å². The molecular weight excluding hydrogens is 494 g/mol. The predicted molar refractivity (Wildman–Crippen MR) is 145 cm³/mol. The molecule has 2 bridgehead atoms. The lowest BCUT2D eigenvalue weighted by molar-refractivity contribution is -0.0146. The molecule has 6 rings (SSSR count). The minimum Gasteiger partial charge on any atom is -0.457 e. The van der Waals surface area contributed by atoms with E-state index in [1.165, 1.54) is 36.8 Å². The molecule has 39 heavy (non-hydrogen) atoms. The van der Waals surface area contributed by atoms with Crippen molar-refractivity contribution >= 4 is 12.2 Å². The van der Waals surface area contributed by atoms with Crippen molar-refractivity contribution in [2.24, 2.45) is 11.8 Å². The maximum Gasteiger partial charge on any atom is 0.511 e. The summed E-state index contributed by atoms with van der Waals surface area (Å²) in [5.41, 5.74) is 3.68. The second kappa shape index (κ2) is 11.5. The number of hydrogen-bond acceptors (Lipinski definition) is 6. The Hall–Kier alpha value is -3.22. The van der Waals surface area contributed by atoms with Gasteiger partial charge in [0.1, 0.15) is 12.4 Å². The Bertz CT molecular complexity index is 1160. The van der Waals surface area contributed by atoms with E-state index in [-0.39, 0.29) is 24.3 Å². The summed E-state index contributed by atoms with van der Waals surface area (Å²) in [5, 5.41) is 0. The van der Waals surface area contributed by atoms with Crippen LogP contribution in [0.4, 0.5) is 9.59 Å². The lowest BCUT2D eigenvalue weighted by atomic mass is 9.52. The highest BCUT2D eigenvalue weighted by Gasteiger charge is 2.55. The van der Waals surface area contributed by atoms with Gasteiger partial charge in [-0.25, -0.2) is 9.59 Å². The number of carbonyl (C=O) groups is 2. The topological polar surface area (TPSA) is 74.3 Å². The molecule has 1 saturated heterocycles. The van der Waals surface area contributed by atoms with Crippen molar-refractivity contribution < 1.29 is 28.5 Å². The Morgan fingerprint density at radius 1 is 0.897 bits per heavy atom. The minimum atomic E-state index is -0.667. The number of benzene rings is 2. The van der Waals surface area contributed by atoms with Crippen molar-refractivity contribution in [2.45, 2.75) is 82.3 Å². The molecule has 3 fully saturated rings. The molecule has 4 aliphatic rings. The van der Waals surface area contributed by atoms with Gasteiger partial charge in [-0.1, -0.05) is 62.1 Å². The molecule has 7 heteroatoms. The maximum atomic E-state index is 13.2. The fourth-order valence-electron chi connectivity index (χ4n) is 7.65. The van der Waals surface area contributed by atoms with Crippen LogP contribution in [0.1, 0.15) is 74.5 Å². The SMILES string of the molecule is O=C(OCOc1ccc2c(c1)[C@@]13CCCC[C@H]1[C@@H](C2)N(C(=O)OCc1ccccc1)CC3)OCC1CCCC1. The van der Waals surface area contributed by atoms with E-state index in [0.29, 0.717) is 37.3 Å². The standard InChI is InChI=1S/C32H39NO6/c34-30(36-20-23-8-2-1-3-9-23)33-17-16-32-15-7-6-12-27(32)29(33)18-25-13-14-26(19-28(25)32)38-22-39-31(35)37-21-24-10-4-5-11-24/h1-3,8-9,13-14,19,24,27,29H,4-7,10-12,15-18,20-22H2/t27-,29+,32+/m0/s1. The van der Waals surface area contributed by atoms with Crippen molar-refractivity contribution in [3.05, 3.63) is 65.2 Å². The van der Waals surface area contributed by atoms with Crippen LogP contribution in [0.3, 0.4) is 0 Å². The third-order valence-corrected chi connectivity index (χ3v) is 9.56. The molecule has 2 saturated carbocycles. The summed E-state index contributed by atoms with van der Waals surface area (Å²) in [5.74, 6) is 1.58. The van der Waals surface area contributed by atoms with Crippen LogP contribution in [-0.4, -0.2) is 43.1 Å². The van der Waals surface area contributed by atoms with E-state index in [9.17, 15) is 9.59 Å². The van der Waals surface area contributed by atoms with Crippen LogP contribution in [0.2, 0.25) is 0 Å². The first-order valence-corrected chi connectivity index (χ1v) is 14.7. The normalized spacial score (nSPS) is 25.8. The highest BCUT2D eigenvalue weighted by Crippen LogP contribution is 2.56. The quantitative estimate of drug-likeness (QED) is 0.289. The molecule has 1 aliphatic heterocycles. The Morgan fingerprint density at radius 3 is 2.56 bits per heavy atom. The largest absolute Gasteiger partial charge is 0.511 e. The summed E-state index contributed by atoms with van der Waals surface area (Å²) >= 11 is 0. The minimum absolute atomic E-state index is 0.0488. The fourth-order valence-corrected chi connectivity index (χ4v) is 7.65. The third-order valence-electron chi connectivity index (χ3n) is 9.56. The summed E-state index contributed by atoms with van der Waals surface area (Å²) in [6, 6.07) is 16.2. The number of amides is 1. The summed E-state index contributed by atoms with van der Waals surface area (Å²) in [6.45, 7) is 1.27. The molecule has 0 unspecified atom stereocenters. The van der Waals surface area contributed by atoms with Crippen LogP contribution in [0, 0.1) is 11.8 Å². The average molecular weight is 534 g/mol. The van der Waals surface area contributed by atoms with Crippen LogP contribution in [0.15, 0.2) is 48.5 Å². The maximum absolute atomic E-state index is 13.2. The molecule has 1 heterocycles. The lowest BCUT2D eigenvalue weighted by Gasteiger charge is -2.58. The molecular formula is C32H39NO6. The number of fused-ring (bicyclic) bond motifs is 1. The molecule has 208 valence electrons. The molecule has 0 N–H and O–H groups in total. The van der Waals surface area contributed by atoms with Crippen LogP contribution >= 0.6 is 0 Å². The molecule has 0 aromatic heterocycles. The van der Waals surface area contributed by atoms with Crippen molar-refractivity contribution in [3.8, 4) is 5.75 Å². The Balaban J connectivity index is 1.11. The number of piperidine rings is 1. The first-order chi connectivity index (χ1) is 19.1. The number of hydrogen-bond donors (Lipinski definition) is 0. The zero-order chi connectivity index (χ0) is 26.7. The van der Waals surface area contributed by atoms with Gasteiger partial charge < -0.3 is 23.8 Å². The summed E-state index contributed by atoms with van der Waals surface area (Å²) < 4.78 is 22.1. The Kier molecular flexibility index (Phi) is 7.67. The molecule has 7 nitrogen and oxygen atoms in total. The van der Waals surface area contributed by atoms with E-state index in [0.717, 1.165) is 44.1 Å². The monoisotopic (exact) mass is 533 g/mol. The first kappa shape index (κ1) is 26.0. The molecule has 3 atom stereocenters. The van der Waals surface area contributed by atoms with E-state index in [4.69, 9.17) is 18.9 Å². The molecule has 1 amide bonds. The van der Waals surface area contributed by atoms with E-state index in [1.807, 2.05) is 41.3 Å². The lowest BCUT2D eigenvalue weighted by Crippen LogP contribution is -2.62. The highest BCUT2D eigenvalue weighted by atomic mass is 16.8. The van der Waals surface area contributed by atoms with Gasteiger partial charge in [-0.3, -0.25) is 0 Å². The molecule has 2 aromatic rings. The van der Waals surface area contributed by atoms with Gasteiger partial charge in [0.05, 0.1) is 6.61 Å². The van der Waals surface area contributed by atoms with Crippen molar-refractivity contribution in [1.82, 2.24) is 4.90 Å². The van der Waals surface area contributed by atoms with Gasteiger partial charge >= 0.3 is 12.2 Å². The van der Waals surface area contributed by atoms with Gasteiger partial charge in [0.2, 0.25) is 6.79 Å². The fraction of sp³-hybridized carbons (Fsp3) is 0.562.